The number of unbranched alkanes of at least 4 members (excludes halogenated alkanes) is 1. The zero-order valence-electron chi connectivity index (χ0n) is 15.0. The number of allylic oxidation sites excluding steroid dienone is 1. The Hall–Kier alpha value is -2.19. The van der Waals surface area contributed by atoms with Crippen LogP contribution in [0, 0.1) is 5.82 Å². The van der Waals surface area contributed by atoms with Crippen molar-refractivity contribution in [3.05, 3.63) is 71.7 Å². The zero-order valence-corrected chi connectivity index (χ0v) is 15.8. The number of aliphatic hydroxyl groups excluding tert-OH is 1. The maximum absolute atomic E-state index is 13.3. The van der Waals surface area contributed by atoms with E-state index in [9.17, 15) is 4.39 Å². The Kier molecular flexibility index (Phi) is 9.00. The summed E-state index contributed by atoms with van der Waals surface area (Å²) in [7, 11) is 0. The molecule has 0 saturated heterocycles. The first kappa shape index (κ1) is 21.1. The molecule has 0 aromatic heterocycles. The quantitative estimate of drug-likeness (QED) is 0.328. The lowest BCUT2D eigenvalue weighted by atomic mass is 10.1. The van der Waals surface area contributed by atoms with E-state index in [0.29, 0.717) is 24.4 Å². The van der Waals surface area contributed by atoms with Gasteiger partial charge in [0.2, 0.25) is 0 Å². The van der Waals surface area contributed by atoms with Crippen molar-refractivity contribution in [2.24, 2.45) is 15.9 Å². The van der Waals surface area contributed by atoms with Crippen molar-refractivity contribution in [3.63, 3.8) is 0 Å². The third-order valence-electron chi connectivity index (χ3n) is 3.65. The van der Waals surface area contributed by atoms with Crippen molar-refractivity contribution < 1.29 is 14.2 Å². The van der Waals surface area contributed by atoms with Crippen LogP contribution in [0.15, 0.2) is 70.2 Å². The normalized spacial score (nSPS) is 12.4. The van der Waals surface area contributed by atoms with Crippen molar-refractivity contribution in [1.82, 2.24) is 0 Å². The minimum Gasteiger partial charge on any atom is -0.400 e. The fourth-order valence-electron chi connectivity index (χ4n) is 2.26. The van der Waals surface area contributed by atoms with Gasteiger partial charge in [-0.25, -0.2) is 9.38 Å². The first-order chi connectivity index (χ1) is 13.1. The summed E-state index contributed by atoms with van der Waals surface area (Å²) >= 11 is 1.17. The van der Waals surface area contributed by atoms with E-state index in [4.69, 9.17) is 20.7 Å². The third kappa shape index (κ3) is 7.52. The third-order valence-corrected chi connectivity index (χ3v) is 4.19. The van der Waals surface area contributed by atoms with Crippen LogP contribution in [0.4, 0.5) is 10.1 Å². The molecule has 7 heteroatoms. The largest absolute Gasteiger partial charge is 0.400 e. The second-order valence-corrected chi connectivity index (χ2v) is 6.53. The van der Waals surface area contributed by atoms with Gasteiger partial charge in [-0.1, -0.05) is 0 Å². The van der Waals surface area contributed by atoms with Crippen LogP contribution in [0.25, 0.3) is 0 Å². The van der Waals surface area contributed by atoms with E-state index in [1.165, 1.54) is 24.1 Å². The van der Waals surface area contributed by atoms with E-state index in [2.05, 4.69) is 4.99 Å². The number of benzene rings is 2. The second kappa shape index (κ2) is 11.5. The highest BCUT2D eigenvalue weighted by Gasteiger charge is 2.04. The highest BCUT2D eigenvalue weighted by Crippen LogP contribution is 2.20. The fraction of sp³-hybridized carbons (Fsp3) is 0.250. The molecule has 2 aromatic carbocycles. The number of nitrogens with two attached hydrogens (primary N) is 2. The summed E-state index contributed by atoms with van der Waals surface area (Å²) in [4.78, 5) is 5.56. The molecule has 0 unspecified atom stereocenters. The van der Waals surface area contributed by atoms with Gasteiger partial charge in [-0.2, -0.15) is 0 Å². The van der Waals surface area contributed by atoms with Crippen molar-refractivity contribution in [1.29, 1.82) is 0 Å². The molecule has 0 aliphatic rings. The molecule has 0 saturated carbocycles. The van der Waals surface area contributed by atoms with Crippen LogP contribution in [-0.2, 0) is 4.74 Å². The van der Waals surface area contributed by atoms with E-state index < -0.39 is 0 Å². The first-order valence-electron chi connectivity index (χ1n) is 8.58. The number of hydrogen-bond acceptors (Lipinski definition) is 6. The van der Waals surface area contributed by atoms with Gasteiger partial charge in [0.15, 0.2) is 0 Å². The van der Waals surface area contributed by atoms with E-state index in [1.54, 1.807) is 18.2 Å². The Morgan fingerprint density at radius 2 is 1.81 bits per heavy atom. The van der Waals surface area contributed by atoms with Gasteiger partial charge in [0.25, 0.3) is 0 Å². The standard InChI is InChI=1S/C20H24FN3O2S/c21-16-5-3-15(4-6-16)20(13-17(22)14-26-12-2-1-11-25)24-18-7-9-19(27-23)10-8-18/h3-10,13,25H,1-2,11-12,14,22-23H2/b17-13-,24-20?. The van der Waals surface area contributed by atoms with Gasteiger partial charge in [-0.05, 0) is 79.4 Å². The second-order valence-electron chi connectivity index (χ2n) is 5.82. The van der Waals surface area contributed by atoms with E-state index in [0.717, 1.165) is 22.6 Å². The van der Waals surface area contributed by atoms with E-state index in [-0.39, 0.29) is 19.0 Å². The van der Waals surface area contributed by atoms with Gasteiger partial charge in [-0.3, -0.25) is 5.14 Å². The summed E-state index contributed by atoms with van der Waals surface area (Å²) in [5.41, 5.74) is 8.67. The molecule has 0 heterocycles. The topological polar surface area (TPSA) is 93.9 Å². The summed E-state index contributed by atoms with van der Waals surface area (Å²) < 4.78 is 18.8. The molecular formula is C20H24FN3O2S. The average molecular weight is 389 g/mol. The molecule has 2 aromatic rings. The van der Waals surface area contributed by atoms with Crippen molar-refractivity contribution in [2.45, 2.75) is 17.7 Å². The average Bonchev–Trinajstić information content (AvgIpc) is 2.68. The molecule has 0 fully saturated rings. The molecular weight excluding hydrogens is 365 g/mol. The molecule has 0 radical (unpaired) electrons. The molecule has 5 N–H and O–H groups in total. The van der Waals surface area contributed by atoms with Gasteiger partial charge < -0.3 is 15.6 Å². The first-order valence-corrected chi connectivity index (χ1v) is 9.46. The SMILES string of the molecule is NSc1ccc(N=C(/C=C(\N)COCCCCO)c2ccc(F)cc2)cc1. The van der Waals surface area contributed by atoms with E-state index >= 15 is 0 Å². The highest BCUT2D eigenvalue weighted by atomic mass is 32.2. The summed E-state index contributed by atoms with van der Waals surface area (Å²) in [6.45, 7) is 0.933. The number of aliphatic imine (C=N–C) groups is 1. The predicted molar refractivity (Wildman–Crippen MR) is 108 cm³/mol. The maximum Gasteiger partial charge on any atom is 0.123 e. The van der Waals surface area contributed by atoms with Gasteiger partial charge in [0, 0.05) is 29.4 Å². The fourth-order valence-corrected chi connectivity index (χ4v) is 2.56. The molecule has 0 bridgehead atoms. The van der Waals surface area contributed by atoms with Crippen LogP contribution in [0.1, 0.15) is 18.4 Å². The van der Waals surface area contributed by atoms with Crippen molar-refractivity contribution >= 4 is 23.3 Å². The predicted octanol–water partition coefficient (Wildman–Crippen LogP) is 3.54. The highest BCUT2D eigenvalue weighted by molar-refractivity contribution is 7.97. The number of halogens is 1. The summed E-state index contributed by atoms with van der Waals surface area (Å²) in [5, 5.41) is 14.3. The summed E-state index contributed by atoms with van der Waals surface area (Å²) in [6, 6.07) is 13.5. The molecule has 27 heavy (non-hydrogen) atoms. The number of nitrogens with zero attached hydrogens (tertiary/aromatic N) is 1. The Morgan fingerprint density at radius 3 is 2.44 bits per heavy atom. The lowest BCUT2D eigenvalue weighted by Gasteiger charge is -2.07. The summed E-state index contributed by atoms with van der Waals surface area (Å²) in [5.74, 6) is -0.313. The number of rotatable bonds is 10. The zero-order chi connectivity index (χ0) is 19.5. The molecule has 0 atom stereocenters. The van der Waals surface area contributed by atoms with Crippen LogP contribution < -0.4 is 10.9 Å². The minimum atomic E-state index is -0.313. The van der Waals surface area contributed by atoms with Crippen LogP contribution in [0.5, 0.6) is 0 Å². The van der Waals surface area contributed by atoms with Gasteiger partial charge in [0.1, 0.15) is 5.82 Å². The Morgan fingerprint density at radius 1 is 1.11 bits per heavy atom. The Balaban J connectivity index is 2.19. The van der Waals surface area contributed by atoms with Gasteiger partial charge in [-0.15, -0.1) is 0 Å². The molecule has 0 amide bonds. The molecule has 2 rings (SSSR count). The minimum absolute atomic E-state index is 0.150. The van der Waals surface area contributed by atoms with E-state index in [1.807, 2.05) is 24.3 Å². The Bertz CT molecular complexity index is 762. The van der Waals surface area contributed by atoms with Crippen LogP contribution in [0.2, 0.25) is 0 Å². The molecule has 144 valence electrons. The molecule has 5 nitrogen and oxygen atoms in total. The number of aliphatic hydroxyl groups is 1. The van der Waals surface area contributed by atoms with Gasteiger partial charge >= 0.3 is 0 Å². The number of hydrogen-bond donors (Lipinski definition) is 3. The van der Waals surface area contributed by atoms with Gasteiger partial charge in [0.05, 0.1) is 18.0 Å². The van der Waals surface area contributed by atoms with Crippen LogP contribution >= 0.6 is 11.9 Å². The van der Waals surface area contributed by atoms with Crippen LogP contribution in [0.3, 0.4) is 0 Å². The maximum atomic E-state index is 13.3. The molecule has 0 aliphatic carbocycles. The lowest BCUT2D eigenvalue weighted by Crippen LogP contribution is -2.11. The molecule has 0 aliphatic heterocycles. The smallest absolute Gasteiger partial charge is 0.123 e. The molecule has 0 spiro atoms. The van der Waals surface area contributed by atoms with Crippen molar-refractivity contribution in [3.8, 4) is 0 Å². The summed E-state index contributed by atoms with van der Waals surface area (Å²) in [6.07, 6.45) is 3.20. The number of ether oxygens (including phenoxy) is 1. The monoisotopic (exact) mass is 389 g/mol. The Labute approximate surface area is 163 Å². The lowest BCUT2D eigenvalue weighted by molar-refractivity contribution is 0.144. The van der Waals surface area contributed by atoms with Crippen LogP contribution in [-0.4, -0.2) is 30.6 Å². The van der Waals surface area contributed by atoms with Crippen molar-refractivity contribution in [2.75, 3.05) is 19.8 Å².